The first-order chi connectivity index (χ1) is 24.2. The maximum Gasteiger partial charge on any atom is 0.339 e. The van der Waals surface area contributed by atoms with Crippen molar-refractivity contribution in [2.24, 2.45) is 39.9 Å². The van der Waals surface area contributed by atoms with Crippen molar-refractivity contribution in [1.29, 1.82) is 0 Å². The molecule has 1 aromatic rings. The summed E-state index contributed by atoms with van der Waals surface area (Å²) in [6.45, 7) is 9.74. The number of rotatable bonds is 13. The van der Waals surface area contributed by atoms with Crippen LogP contribution >= 0.6 is 0 Å². The quantitative estimate of drug-likeness (QED) is 0.132. The molecular weight excluding hydrogens is 660 g/mol. The van der Waals surface area contributed by atoms with Crippen LogP contribution in [0.4, 0.5) is 0 Å². The highest BCUT2D eigenvalue weighted by molar-refractivity contribution is 5.92. The minimum absolute atomic E-state index is 0.00123. The van der Waals surface area contributed by atoms with Gasteiger partial charge in [0.2, 0.25) is 0 Å². The van der Waals surface area contributed by atoms with Crippen LogP contribution in [0.25, 0.3) is 0 Å². The van der Waals surface area contributed by atoms with Gasteiger partial charge in [-0.05, 0) is 69.3 Å². The fraction of sp³-hybridized carbons (Fsp3) is 0.821. The summed E-state index contributed by atoms with van der Waals surface area (Å²) in [4.78, 5) is 41.6. The van der Waals surface area contributed by atoms with Crippen LogP contribution in [-0.4, -0.2) is 93.6 Å². The molecule has 51 heavy (non-hydrogen) atoms. The van der Waals surface area contributed by atoms with Crippen molar-refractivity contribution in [3.63, 3.8) is 0 Å². The molecule has 284 valence electrons. The number of hydrogen-bond acceptors (Lipinski definition) is 12. The van der Waals surface area contributed by atoms with E-state index in [2.05, 4.69) is 13.8 Å². The van der Waals surface area contributed by atoms with Crippen LogP contribution in [0.1, 0.15) is 110 Å². The predicted molar refractivity (Wildman–Crippen MR) is 180 cm³/mol. The van der Waals surface area contributed by atoms with E-state index >= 15 is 0 Å². The molecule has 5 heterocycles. The van der Waals surface area contributed by atoms with Gasteiger partial charge in [-0.2, -0.15) is 0 Å². The van der Waals surface area contributed by atoms with Crippen molar-refractivity contribution in [1.82, 2.24) is 0 Å². The van der Waals surface area contributed by atoms with Gasteiger partial charge in [0.15, 0.2) is 11.9 Å². The molecule has 4 aliphatic heterocycles. The monoisotopic (exact) mass is 716 g/mol. The van der Waals surface area contributed by atoms with Crippen LogP contribution in [0.2, 0.25) is 0 Å². The molecule has 6 fully saturated rings. The van der Waals surface area contributed by atoms with E-state index in [0.717, 1.165) is 19.3 Å². The maximum absolute atomic E-state index is 14.9. The molecule has 12 nitrogen and oxygen atoms in total. The number of Topliss-reactive ketones (excluding diaryl/α,β-unsaturated/α-hetero) is 1. The molecule has 2 aliphatic carbocycles. The number of hydrogen-bond donors (Lipinski definition) is 4. The highest BCUT2D eigenvalue weighted by atomic mass is 16.7. The summed E-state index contributed by atoms with van der Waals surface area (Å²) < 4.78 is 31.5. The van der Waals surface area contributed by atoms with Gasteiger partial charge in [-0.3, -0.25) is 9.59 Å². The SMILES string of the molecule is CC(C)CC[C@@]1(C)O[C@H]2CC(=O)OC[C@@]23[C@H]2CC[C@]4(C)[C@H](c5ccoc5C[C@H](CCCCCO)[C@H](O)CO)OC(=O)[C@H]5O[C@@]54[C@@]2(C)[C@H](O)C(=O)[C@H]31. The largest absolute Gasteiger partial charge is 0.469 e. The summed E-state index contributed by atoms with van der Waals surface area (Å²) in [5.74, 6) is -1.83. The molecule has 0 aromatic carbocycles. The summed E-state index contributed by atoms with van der Waals surface area (Å²) >= 11 is 0. The summed E-state index contributed by atoms with van der Waals surface area (Å²) in [5.41, 5.74) is -4.60. The third kappa shape index (κ3) is 5.09. The zero-order chi connectivity index (χ0) is 36.7. The number of aliphatic hydroxyl groups is 4. The van der Waals surface area contributed by atoms with Crippen LogP contribution in [0, 0.1) is 39.9 Å². The number of ether oxygens (including phenoxy) is 4. The molecule has 6 aliphatic rings. The number of unbranched alkanes of at least 4 members (excludes halogenated alkanes) is 2. The fourth-order valence-corrected chi connectivity index (χ4v) is 11.9. The van der Waals surface area contributed by atoms with Gasteiger partial charge in [0.05, 0.1) is 43.0 Å². The number of ketones is 1. The number of esters is 2. The highest BCUT2D eigenvalue weighted by Crippen LogP contribution is 2.80. The van der Waals surface area contributed by atoms with Gasteiger partial charge in [-0.15, -0.1) is 0 Å². The fourth-order valence-electron chi connectivity index (χ4n) is 11.9. The first-order valence-corrected chi connectivity index (χ1v) is 19.1. The molecule has 4 saturated heterocycles. The second kappa shape index (κ2) is 12.9. The van der Waals surface area contributed by atoms with Crippen molar-refractivity contribution in [3.05, 3.63) is 23.7 Å². The lowest BCUT2D eigenvalue weighted by atomic mass is 9.36. The van der Waals surface area contributed by atoms with Gasteiger partial charge in [-0.25, -0.2) is 4.79 Å². The minimum atomic E-state index is -1.47. The Morgan fingerprint density at radius 2 is 1.76 bits per heavy atom. The molecule has 0 bridgehead atoms. The molecule has 1 aromatic heterocycles. The second-order valence-corrected chi connectivity index (χ2v) is 17.5. The van der Waals surface area contributed by atoms with E-state index < -0.39 is 76.5 Å². The standard InChI is InChI=1S/C39H56O12/c1-21(2)10-14-36(4)30-29(44)31(45)37(5)26(38(30)20-48-28(43)18-27(38)50-36)11-13-35(3)32(49-34(46)33-39(35,37)51-33)23-12-16-47-25(23)17-22(24(42)19-41)9-7-6-8-15-40/h12,16,21-22,24,26-27,30-33,40-42,45H,6-11,13-15,17-20H2,1-5H3/t22-,24+,26-,27-,30-,31+,32-,33+,35+,36+,37+,38+,39-/m0/s1. The van der Waals surface area contributed by atoms with Crippen LogP contribution < -0.4 is 0 Å². The molecular formula is C39H56O12. The van der Waals surface area contributed by atoms with E-state index in [9.17, 15) is 34.8 Å². The molecule has 2 spiro atoms. The first kappa shape index (κ1) is 37.0. The summed E-state index contributed by atoms with van der Waals surface area (Å²) in [6, 6.07) is 1.77. The van der Waals surface area contributed by atoms with Crippen molar-refractivity contribution < 1.29 is 58.2 Å². The Kier molecular flexibility index (Phi) is 9.36. The van der Waals surface area contributed by atoms with Gasteiger partial charge < -0.3 is 43.8 Å². The van der Waals surface area contributed by atoms with Crippen molar-refractivity contribution >= 4 is 17.7 Å². The van der Waals surface area contributed by atoms with Crippen molar-refractivity contribution in [2.45, 2.75) is 141 Å². The molecule has 2 saturated carbocycles. The Labute approximate surface area is 299 Å². The van der Waals surface area contributed by atoms with Crippen LogP contribution in [0.5, 0.6) is 0 Å². The molecule has 0 unspecified atom stereocenters. The van der Waals surface area contributed by atoms with E-state index in [1.165, 1.54) is 6.26 Å². The Morgan fingerprint density at radius 3 is 2.47 bits per heavy atom. The summed E-state index contributed by atoms with van der Waals surface area (Å²) in [5, 5.41) is 42.3. The summed E-state index contributed by atoms with van der Waals surface area (Å²) in [7, 11) is 0. The highest BCUT2D eigenvalue weighted by Gasteiger charge is 2.91. The zero-order valence-corrected chi connectivity index (χ0v) is 30.6. The van der Waals surface area contributed by atoms with E-state index in [4.69, 9.17) is 23.4 Å². The maximum atomic E-state index is 14.9. The second-order valence-electron chi connectivity index (χ2n) is 17.5. The third-order valence-corrected chi connectivity index (χ3v) is 14.4. The Balaban J connectivity index is 1.27. The number of carbonyl (C=O) groups excluding carboxylic acids is 3. The molecule has 0 amide bonds. The van der Waals surface area contributed by atoms with Crippen molar-refractivity contribution in [2.75, 3.05) is 19.8 Å². The minimum Gasteiger partial charge on any atom is -0.469 e. The Bertz CT molecular complexity index is 1520. The predicted octanol–water partition coefficient (Wildman–Crippen LogP) is 3.59. The summed E-state index contributed by atoms with van der Waals surface area (Å²) in [6.07, 6.45) is 2.19. The average Bonchev–Trinajstić information content (AvgIpc) is 3.64. The van der Waals surface area contributed by atoms with Gasteiger partial charge in [0.25, 0.3) is 0 Å². The lowest BCUT2D eigenvalue weighted by molar-refractivity contribution is -0.252. The smallest absolute Gasteiger partial charge is 0.339 e. The Morgan fingerprint density at radius 1 is 1.00 bits per heavy atom. The van der Waals surface area contributed by atoms with E-state index in [1.54, 1.807) is 6.07 Å². The normalized spacial score (nSPS) is 43.7. The zero-order valence-electron chi connectivity index (χ0n) is 30.6. The number of carbonyl (C=O) groups is 3. The molecule has 7 rings (SSSR count). The molecule has 12 heteroatoms. The van der Waals surface area contributed by atoms with Crippen LogP contribution in [0.3, 0.4) is 0 Å². The van der Waals surface area contributed by atoms with E-state index in [-0.39, 0.29) is 49.6 Å². The lowest BCUT2D eigenvalue weighted by Gasteiger charge is -2.66. The number of fused-ring (bicyclic) bond motifs is 1. The van der Waals surface area contributed by atoms with Crippen LogP contribution in [0.15, 0.2) is 16.7 Å². The number of cyclic esters (lactones) is 2. The van der Waals surface area contributed by atoms with E-state index in [1.807, 2.05) is 20.8 Å². The number of furan rings is 1. The Hall–Kier alpha value is -2.35. The average molecular weight is 717 g/mol. The molecule has 13 atom stereocenters. The third-order valence-electron chi connectivity index (χ3n) is 14.4. The lowest BCUT2D eigenvalue weighted by Crippen LogP contribution is -2.76. The van der Waals surface area contributed by atoms with Gasteiger partial charge >= 0.3 is 11.9 Å². The topological polar surface area (TPSA) is 185 Å². The molecule has 0 radical (unpaired) electrons. The number of aliphatic hydroxyl groups excluding tert-OH is 4. The molecule has 4 N–H and O–H groups in total. The van der Waals surface area contributed by atoms with E-state index in [0.29, 0.717) is 49.3 Å². The van der Waals surface area contributed by atoms with Gasteiger partial charge in [0.1, 0.15) is 30.2 Å². The number of epoxide rings is 1. The van der Waals surface area contributed by atoms with Crippen LogP contribution in [-0.2, 0) is 39.8 Å². The van der Waals surface area contributed by atoms with Crippen molar-refractivity contribution in [3.8, 4) is 0 Å². The van der Waals surface area contributed by atoms with Gasteiger partial charge in [-0.1, -0.05) is 40.5 Å². The van der Waals surface area contributed by atoms with Gasteiger partial charge in [0, 0.05) is 34.8 Å². The first-order valence-electron chi connectivity index (χ1n) is 19.1.